The molecule has 142 valence electrons. The zero-order valence-electron chi connectivity index (χ0n) is 15.7. The Morgan fingerprint density at radius 1 is 1.15 bits per heavy atom. The average Bonchev–Trinajstić information content (AvgIpc) is 2.66. The normalized spacial score (nSPS) is 22.2. The van der Waals surface area contributed by atoms with Crippen LogP contribution in [0.1, 0.15) is 31.9 Å². The summed E-state index contributed by atoms with van der Waals surface area (Å²) >= 11 is 0. The Labute approximate surface area is 158 Å². The van der Waals surface area contributed by atoms with Gasteiger partial charge >= 0.3 is 0 Å². The number of amides is 1. The molecule has 27 heavy (non-hydrogen) atoms. The van der Waals surface area contributed by atoms with Crippen LogP contribution in [0.25, 0.3) is 0 Å². The number of ether oxygens (including phenoxy) is 4. The monoisotopic (exact) mass is 369 g/mol. The Hall–Kier alpha value is -2.89. The molecule has 0 saturated heterocycles. The van der Waals surface area contributed by atoms with E-state index in [1.54, 1.807) is 13.2 Å². The van der Waals surface area contributed by atoms with Crippen LogP contribution in [-0.2, 0) is 4.79 Å². The molecule has 2 aromatic rings. The van der Waals surface area contributed by atoms with Gasteiger partial charge in [-0.3, -0.25) is 4.79 Å². The number of para-hydroxylation sites is 2. The van der Waals surface area contributed by atoms with E-state index < -0.39 is 11.7 Å². The second kappa shape index (κ2) is 6.68. The van der Waals surface area contributed by atoms with Crippen molar-refractivity contribution in [2.45, 2.75) is 38.0 Å². The first kappa shape index (κ1) is 17.5. The first-order chi connectivity index (χ1) is 12.9. The number of hydrogen-bond acceptors (Lipinski definition) is 5. The highest BCUT2D eigenvalue weighted by atomic mass is 16.6. The fraction of sp³-hybridized carbons (Fsp3) is 0.381. The second-order valence-electron chi connectivity index (χ2n) is 7.40. The number of nitrogens with one attached hydrogen (secondary N) is 1. The molecular formula is C21H23NO5. The van der Waals surface area contributed by atoms with E-state index in [-0.39, 0.29) is 18.6 Å². The molecule has 0 unspecified atom stereocenters. The Bertz CT molecular complexity index is 863. The first-order valence-electron chi connectivity index (χ1n) is 9.01. The summed E-state index contributed by atoms with van der Waals surface area (Å²) in [5.74, 6) is 2.51. The summed E-state index contributed by atoms with van der Waals surface area (Å²) in [5, 5.41) is 3.10. The van der Waals surface area contributed by atoms with Crippen molar-refractivity contribution >= 4 is 5.91 Å². The molecule has 0 spiro atoms. The molecule has 2 heterocycles. The average molecular weight is 369 g/mol. The SMILES string of the molecule is COc1ccc2c(c1)[C@H](NC(=O)[C@@H]1COc3ccccc3O1)CC(C)(C)O2. The maximum absolute atomic E-state index is 12.9. The van der Waals surface area contributed by atoms with Crippen molar-refractivity contribution in [1.29, 1.82) is 0 Å². The highest BCUT2D eigenvalue weighted by molar-refractivity contribution is 5.82. The molecule has 0 radical (unpaired) electrons. The molecule has 4 rings (SSSR count). The van der Waals surface area contributed by atoms with Crippen LogP contribution in [0.4, 0.5) is 0 Å². The number of benzene rings is 2. The predicted octanol–water partition coefficient (Wildman–Crippen LogP) is 3.25. The van der Waals surface area contributed by atoms with Crippen LogP contribution in [0.5, 0.6) is 23.0 Å². The van der Waals surface area contributed by atoms with Crippen LogP contribution in [-0.4, -0.2) is 31.3 Å². The van der Waals surface area contributed by atoms with Gasteiger partial charge in [0.1, 0.15) is 23.7 Å². The molecule has 0 aromatic heterocycles. The Kier molecular flexibility index (Phi) is 4.34. The van der Waals surface area contributed by atoms with Crippen molar-refractivity contribution in [2.24, 2.45) is 0 Å². The highest BCUT2D eigenvalue weighted by Gasteiger charge is 2.37. The number of fused-ring (bicyclic) bond motifs is 2. The molecule has 1 amide bonds. The quantitative estimate of drug-likeness (QED) is 0.900. The van der Waals surface area contributed by atoms with E-state index in [1.807, 2.05) is 50.2 Å². The van der Waals surface area contributed by atoms with Crippen LogP contribution < -0.4 is 24.3 Å². The Morgan fingerprint density at radius 2 is 1.93 bits per heavy atom. The topological polar surface area (TPSA) is 66.0 Å². The van der Waals surface area contributed by atoms with Gasteiger partial charge in [0.15, 0.2) is 11.5 Å². The minimum Gasteiger partial charge on any atom is -0.497 e. The van der Waals surface area contributed by atoms with Crippen molar-refractivity contribution < 1.29 is 23.7 Å². The lowest BCUT2D eigenvalue weighted by molar-refractivity contribution is -0.131. The number of methoxy groups -OCH3 is 1. The zero-order valence-corrected chi connectivity index (χ0v) is 15.7. The lowest BCUT2D eigenvalue weighted by Gasteiger charge is -2.38. The molecule has 1 N–H and O–H groups in total. The summed E-state index contributed by atoms with van der Waals surface area (Å²) < 4.78 is 22.9. The summed E-state index contributed by atoms with van der Waals surface area (Å²) in [6.45, 7) is 4.20. The molecule has 0 aliphatic carbocycles. The summed E-state index contributed by atoms with van der Waals surface area (Å²) in [7, 11) is 1.62. The largest absolute Gasteiger partial charge is 0.497 e. The minimum absolute atomic E-state index is 0.181. The third-order valence-electron chi connectivity index (χ3n) is 4.79. The first-order valence-corrected chi connectivity index (χ1v) is 9.01. The maximum Gasteiger partial charge on any atom is 0.265 e. The van der Waals surface area contributed by atoms with Gasteiger partial charge in [-0.05, 0) is 44.2 Å². The van der Waals surface area contributed by atoms with Crippen molar-refractivity contribution in [3.8, 4) is 23.0 Å². The van der Waals surface area contributed by atoms with Crippen molar-refractivity contribution in [3.63, 3.8) is 0 Å². The molecule has 2 aliphatic rings. The van der Waals surface area contributed by atoms with E-state index in [0.717, 1.165) is 17.1 Å². The predicted molar refractivity (Wildman–Crippen MR) is 99.6 cm³/mol. The van der Waals surface area contributed by atoms with Gasteiger partial charge in [0.25, 0.3) is 5.91 Å². The molecular weight excluding hydrogens is 346 g/mol. The standard InChI is InChI=1S/C21H23NO5/c1-21(2)11-15(14-10-13(24-3)8-9-16(14)27-21)22-20(23)19-12-25-17-6-4-5-7-18(17)26-19/h4-10,15,19H,11-12H2,1-3H3,(H,22,23)/t15-,19+/m1/s1. The maximum atomic E-state index is 12.9. The summed E-state index contributed by atoms with van der Waals surface area (Å²) in [4.78, 5) is 12.9. The molecule has 0 saturated carbocycles. The van der Waals surface area contributed by atoms with Crippen LogP contribution in [0.2, 0.25) is 0 Å². The summed E-state index contributed by atoms with van der Waals surface area (Å²) in [6.07, 6.45) is -0.0526. The van der Waals surface area contributed by atoms with Crippen LogP contribution in [0.3, 0.4) is 0 Å². The molecule has 6 heteroatoms. The number of carbonyl (C=O) groups excluding carboxylic acids is 1. The van der Waals surface area contributed by atoms with E-state index in [0.29, 0.717) is 17.9 Å². The van der Waals surface area contributed by atoms with E-state index in [4.69, 9.17) is 18.9 Å². The lowest BCUT2D eigenvalue weighted by Crippen LogP contribution is -2.48. The van der Waals surface area contributed by atoms with Crippen molar-refractivity contribution in [1.82, 2.24) is 5.32 Å². The van der Waals surface area contributed by atoms with Crippen LogP contribution in [0.15, 0.2) is 42.5 Å². The van der Waals surface area contributed by atoms with Gasteiger partial charge in [-0.1, -0.05) is 12.1 Å². The lowest BCUT2D eigenvalue weighted by atomic mass is 9.89. The summed E-state index contributed by atoms with van der Waals surface area (Å²) in [6, 6.07) is 12.8. The molecule has 2 atom stereocenters. The number of rotatable bonds is 3. The van der Waals surface area contributed by atoms with Gasteiger partial charge in [0.05, 0.1) is 13.2 Å². The minimum atomic E-state index is -0.695. The van der Waals surface area contributed by atoms with Gasteiger partial charge in [0, 0.05) is 12.0 Å². The third-order valence-corrected chi connectivity index (χ3v) is 4.79. The third kappa shape index (κ3) is 3.52. The molecule has 0 bridgehead atoms. The zero-order chi connectivity index (χ0) is 19.0. The van der Waals surface area contributed by atoms with Gasteiger partial charge in [-0.15, -0.1) is 0 Å². The summed E-state index contributed by atoms with van der Waals surface area (Å²) in [5.41, 5.74) is 0.509. The number of hydrogen-bond donors (Lipinski definition) is 1. The van der Waals surface area contributed by atoms with Crippen molar-refractivity contribution in [2.75, 3.05) is 13.7 Å². The van der Waals surface area contributed by atoms with E-state index >= 15 is 0 Å². The van der Waals surface area contributed by atoms with Gasteiger partial charge in [-0.25, -0.2) is 0 Å². The van der Waals surface area contributed by atoms with E-state index in [9.17, 15) is 4.79 Å². The van der Waals surface area contributed by atoms with Gasteiger partial charge in [-0.2, -0.15) is 0 Å². The molecule has 0 fully saturated rings. The molecule has 2 aliphatic heterocycles. The van der Waals surface area contributed by atoms with E-state index in [1.165, 1.54) is 0 Å². The van der Waals surface area contributed by atoms with Gasteiger partial charge < -0.3 is 24.3 Å². The molecule has 6 nitrogen and oxygen atoms in total. The van der Waals surface area contributed by atoms with Gasteiger partial charge in [0.2, 0.25) is 6.10 Å². The van der Waals surface area contributed by atoms with E-state index in [2.05, 4.69) is 5.32 Å². The fourth-order valence-corrected chi connectivity index (χ4v) is 3.50. The number of carbonyl (C=O) groups is 1. The Balaban J connectivity index is 1.54. The smallest absolute Gasteiger partial charge is 0.265 e. The van der Waals surface area contributed by atoms with Crippen LogP contribution >= 0.6 is 0 Å². The second-order valence-corrected chi connectivity index (χ2v) is 7.40. The Morgan fingerprint density at radius 3 is 2.70 bits per heavy atom. The fourth-order valence-electron chi connectivity index (χ4n) is 3.50. The molecule has 2 aromatic carbocycles. The van der Waals surface area contributed by atoms with Crippen molar-refractivity contribution in [3.05, 3.63) is 48.0 Å². The highest BCUT2D eigenvalue weighted by Crippen LogP contribution is 2.41. The van der Waals surface area contributed by atoms with Crippen LogP contribution in [0, 0.1) is 0 Å².